The highest BCUT2D eigenvalue weighted by Gasteiger charge is 2.15. The molecule has 120 valence electrons. The molecular formula is C16H15FN2O2S2. The molecule has 3 aromatic rings. The van der Waals surface area contributed by atoms with Crippen molar-refractivity contribution in [2.24, 2.45) is 0 Å². The van der Waals surface area contributed by atoms with Gasteiger partial charge in [-0.25, -0.2) is 17.8 Å². The summed E-state index contributed by atoms with van der Waals surface area (Å²) in [5, 5.41) is 1.04. The number of sulfonamides is 1. The third kappa shape index (κ3) is 3.51. The van der Waals surface area contributed by atoms with Crippen molar-refractivity contribution in [3.05, 3.63) is 53.3 Å². The van der Waals surface area contributed by atoms with Crippen LogP contribution in [-0.4, -0.2) is 13.4 Å². The van der Waals surface area contributed by atoms with E-state index in [9.17, 15) is 12.8 Å². The maximum atomic E-state index is 12.9. The zero-order chi connectivity index (χ0) is 16.4. The largest absolute Gasteiger partial charge is 0.280 e. The average molecular weight is 350 g/mol. The van der Waals surface area contributed by atoms with Crippen molar-refractivity contribution in [3.63, 3.8) is 0 Å². The summed E-state index contributed by atoms with van der Waals surface area (Å²) >= 11 is 1.56. The van der Waals surface area contributed by atoms with Gasteiger partial charge in [-0.15, -0.1) is 11.3 Å². The van der Waals surface area contributed by atoms with E-state index < -0.39 is 15.8 Å². The highest BCUT2D eigenvalue weighted by molar-refractivity contribution is 7.92. The summed E-state index contributed by atoms with van der Waals surface area (Å²) < 4.78 is 41.0. The maximum Gasteiger partial charge on any atom is 0.261 e. The average Bonchev–Trinajstić information content (AvgIpc) is 2.89. The number of hydrogen-bond acceptors (Lipinski definition) is 4. The molecule has 2 aromatic carbocycles. The van der Waals surface area contributed by atoms with E-state index in [1.165, 1.54) is 12.1 Å². The van der Waals surface area contributed by atoms with Crippen LogP contribution in [0.4, 0.5) is 10.1 Å². The molecule has 0 aliphatic rings. The molecule has 23 heavy (non-hydrogen) atoms. The molecule has 0 atom stereocenters. The van der Waals surface area contributed by atoms with Crippen molar-refractivity contribution in [1.29, 1.82) is 0 Å². The van der Waals surface area contributed by atoms with E-state index in [1.807, 2.05) is 0 Å². The number of nitrogens with one attached hydrogen (secondary N) is 1. The molecule has 0 radical (unpaired) electrons. The second-order valence-electron chi connectivity index (χ2n) is 5.10. The number of thiazole rings is 1. The van der Waals surface area contributed by atoms with Crippen LogP contribution in [0.5, 0.6) is 0 Å². The lowest BCUT2D eigenvalue weighted by Gasteiger charge is -2.07. The zero-order valence-corrected chi connectivity index (χ0v) is 14.0. The first-order valence-corrected chi connectivity index (χ1v) is 9.46. The lowest BCUT2D eigenvalue weighted by molar-refractivity contribution is 0.599. The molecule has 0 amide bonds. The van der Waals surface area contributed by atoms with E-state index in [-0.39, 0.29) is 4.90 Å². The Kier molecular flexibility index (Phi) is 4.32. The van der Waals surface area contributed by atoms with Crippen molar-refractivity contribution < 1.29 is 12.8 Å². The first-order valence-electron chi connectivity index (χ1n) is 7.16. The van der Waals surface area contributed by atoms with Crippen LogP contribution in [-0.2, 0) is 16.4 Å². The standard InChI is InChI=1S/C16H15FN2O2S2/c1-2-3-16-18-14-9-6-12(10-15(14)22-16)19-23(20,21)13-7-4-11(17)5-8-13/h4-10,19H,2-3H2,1H3. The van der Waals surface area contributed by atoms with Gasteiger partial charge in [-0.1, -0.05) is 6.92 Å². The molecule has 4 nitrogen and oxygen atoms in total. The number of aromatic nitrogens is 1. The van der Waals surface area contributed by atoms with Crippen molar-refractivity contribution >= 4 is 37.3 Å². The van der Waals surface area contributed by atoms with Crippen LogP contribution >= 0.6 is 11.3 Å². The van der Waals surface area contributed by atoms with Gasteiger partial charge in [-0.2, -0.15) is 0 Å². The Hall–Kier alpha value is -1.99. The second kappa shape index (κ2) is 6.25. The summed E-state index contributed by atoms with van der Waals surface area (Å²) in [4.78, 5) is 4.53. The Balaban J connectivity index is 1.89. The van der Waals surface area contributed by atoms with Crippen LogP contribution in [0.1, 0.15) is 18.4 Å². The molecule has 1 aromatic heterocycles. The number of hydrogen-bond donors (Lipinski definition) is 1. The minimum absolute atomic E-state index is 0.0231. The van der Waals surface area contributed by atoms with E-state index in [2.05, 4.69) is 16.6 Å². The molecule has 0 saturated heterocycles. The topological polar surface area (TPSA) is 59.1 Å². The fourth-order valence-electron chi connectivity index (χ4n) is 2.18. The number of fused-ring (bicyclic) bond motifs is 1. The highest BCUT2D eigenvalue weighted by atomic mass is 32.2. The minimum atomic E-state index is -3.73. The van der Waals surface area contributed by atoms with E-state index in [0.717, 1.165) is 40.2 Å². The Bertz CT molecular complexity index is 934. The van der Waals surface area contributed by atoms with Gasteiger partial charge in [0.15, 0.2) is 0 Å². The molecular weight excluding hydrogens is 335 g/mol. The van der Waals surface area contributed by atoms with Crippen molar-refractivity contribution in [2.75, 3.05) is 4.72 Å². The number of halogens is 1. The van der Waals surface area contributed by atoms with Gasteiger partial charge in [0.1, 0.15) is 5.82 Å². The number of rotatable bonds is 5. The molecule has 0 saturated carbocycles. The van der Waals surface area contributed by atoms with Crippen molar-refractivity contribution in [1.82, 2.24) is 4.98 Å². The summed E-state index contributed by atoms with van der Waals surface area (Å²) in [6.45, 7) is 2.09. The molecule has 3 rings (SSSR count). The summed E-state index contributed by atoms with van der Waals surface area (Å²) in [5.41, 5.74) is 1.33. The summed E-state index contributed by atoms with van der Waals surface area (Å²) in [6, 6.07) is 9.97. The van der Waals surface area contributed by atoms with Crippen LogP contribution in [0, 0.1) is 5.82 Å². The lowest BCUT2D eigenvalue weighted by Crippen LogP contribution is -2.12. The van der Waals surface area contributed by atoms with Gasteiger partial charge in [0.05, 0.1) is 25.8 Å². The SMILES string of the molecule is CCCc1nc2ccc(NS(=O)(=O)c3ccc(F)cc3)cc2s1. The smallest absolute Gasteiger partial charge is 0.261 e. The Labute approximate surface area is 138 Å². The third-order valence-corrected chi connectivity index (χ3v) is 5.75. The molecule has 0 bridgehead atoms. The summed E-state index contributed by atoms with van der Waals surface area (Å²) in [5.74, 6) is -0.474. The zero-order valence-electron chi connectivity index (χ0n) is 12.4. The van der Waals surface area contributed by atoms with E-state index >= 15 is 0 Å². The fourth-order valence-corrected chi connectivity index (χ4v) is 4.34. The van der Waals surface area contributed by atoms with Gasteiger partial charge in [-0.05, 0) is 55.3 Å². The maximum absolute atomic E-state index is 12.9. The third-order valence-electron chi connectivity index (χ3n) is 3.27. The lowest BCUT2D eigenvalue weighted by atomic mass is 10.3. The van der Waals surface area contributed by atoms with Gasteiger partial charge in [-0.3, -0.25) is 4.72 Å². The first kappa shape index (κ1) is 15.9. The van der Waals surface area contributed by atoms with Gasteiger partial charge in [0.2, 0.25) is 0 Å². The fraction of sp³-hybridized carbons (Fsp3) is 0.188. The molecule has 0 unspecified atom stereocenters. The Morgan fingerprint density at radius 2 is 1.91 bits per heavy atom. The van der Waals surface area contributed by atoms with Crippen LogP contribution in [0.2, 0.25) is 0 Å². The Morgan fingerprint density at radius 3 is 2.61 bits per heavy atom. The molecule has 0 aliphatic heterocycles. The predicted molar refractivity (Wildman–Crippen MR) is 90.8 cm³/mol. The molecule has 7 heteroatoms. The molecule has 1 heterocycles. The number of anilines is 1. The van der Waals surface area contributed by atoms with Gasteiger partial charge in [0, 0.05) is 0 Å². The quantitative estimate of drug-likeness (QED) is 0.751. The van der Waals surface area contributed by atoms with E-state index in [4.69, 9.17) is 0 Å². The second-order valence-corrected chi connectivity index (χ2v) is 7.90. The summed E-state index contributed by atoms with van der Waals surface area (Å²) in [7, 11) is -3.73. The summed E-state index contributed by atoms with van der Waals surface area (Å²) in [6.07, 6.45) is 1.93. The van der Waals surface area contributed by atoms with Crippen molar-refractivity contribution in [2.45, 2.75) is 24.7 Å². The van der Waals surface area contributed by atoms with Gasteiger partial charge < -0.3 is 0 Å². The number of benzene rings is 2. The van der Waals surface area contributed by atoms with Crippen LogP contribution in [0.25, 0.3) is 10.2 Å². The number of aryl methyl sites for hydroxylation is 1. The first-order chi connectivity index (χ1) is 11.0. The monoisotopic (exact) mass is 350 g/mol. The molecule has 1 N–H and O–H groups in total. The molecule has 0 spiro atoms. The highest BCUT2D eigenvalue weighted by Crippen LogP contribution is 2.27. The normalized spacial score (nSPS) is 11.7. The molecule has 0 fully saturated rings. The Morgan fingerprint density at radius 1 is 1.17 bits per heavy atom. The van der Waals surface area contributed by atoms with Crippen molar-refractivity contribution in [3.8, 4) is 0 Å². The van der Waals surface area contributed by atoms with Gasteiger partial charge in [0.25, 0.3) is 10.0 Å². The minimum Gasteiger partial charge on any atom is -0.280 e. The van der Waals surface area contributed by atoms with E-state index in [0.29, 0.717) is 5.69 Å². The number of nitrogens with zero attached hydrogens (tertiary/aromatic N) is 1. The van der Waals surface area contributed by atoms with Crippen LogP contribution < -0.4 is 4.72 Å². The van der Waals surface area contributed by atoms with Crippen LogP contribution in [0.15, 0.2) is 47.4 Å². The van der Waals surface area contributed by atoms with Crippen LogP contribution in [0.3, 0.4) is 0 Å². The van der Waals surface area contributed by atoms with E-state index in [1.54, 1.807) is 29.5 Å². The predicted octanol–water partition coefficient (Wildman–Crippen LogP) is 4.19. The molecule has 0 aliphatic carbocycles. The van der Waals surface area contributed by atoms with Gasteiger partial charge >= 0.3 is 0 Å².